The molecule has 5 heteroatoms. The van der Waals surface area contributed by atoms with Gasteiger partial charge in [0.2, 0.25) is 0 Å². The standard InChI is InChI=1S/C15H15BrN2O2/c1-20-15(19)14(9-5-6-9)18-12-4-2-3-10-7-11(16)8-17-13(10)12/h2-4,7-9,14,18H,5-6H2,1H3. The van der Waals surface area contributed by atoms with Crippen molar-refractivity contribution in [1.82, 2.24) is 4.98 Å². The van der Waals surface area contributed by atoms with Crippen molar-refractivity contribution in [3.05, 3.63) is 34.9 Å². The summed E-state index contributed by atoms with van der Waals surface area (Å²) in [5.41, 5.74) is 1.74. The van der Waals surface area contributed by atoms with Gasteiger partial charge >= 0.3 is 5.97 Å². The lowest BCUT2D eigenvalue weighted by atomic mass is 10.1. The Hall–Kier alpha value is -1.62. The highest BCUT2D eigenvalue weighted by Gasteiger charge is 2.37. The highest BCUT2D eigenvalue weighted by atomic mass is 79.9. The summed E-state index contributed by atoms with van der Waals surface area (Å²) >= 11 is 3.42. The summed E-state index contributed by atoms with van der Waals surface area (Å²) in [6.45, 7) is 0. The number of hydrogen-bond acceptors (Lipinski definition) is 4. The number of pyridine rings is 1. The van der Waals surface area contributed by atoms with Gasteiger partial charge < -0.3 is 10.1 Å². The number of methoxy groups -OCH3 is 1. The van der Waals surface area contributed by atoms with Gasteiger partial charge in [-0.2, -0.15) is 0 Å². The summed E-state index contributed by atoms with van der Waals surface area (Å²) in [5, 5.41) is 4.33. The van der Waals surface area contributed by atoms with Crippen molar-refractivity contribution in [2.24, 2.45) is 5.92 Å². The first kappa shape index (κ1) is 13.4. The molecule has 1 saturated carbocycles. The molecule has 0 amide bonds. The summed E-state index contributed by atoms with van der Waals surface area (Å²) in [6, 6.07) is 7.64. The summed E-state index contributed by atoms with van der Waals surface area (Å²) in [4.78, 5) is 16.3. The molecule has 0 spiro atoms. The molecule has 1 aliphatic carbocycles. The Balaban J connectivity index is 1.95. The maximum atomic E-state index is 11.9. The zero-order chi connectivity index (χ0) is 14.1. The minimum absolute atomic E-state index is 0.207. The lowest BCUT2D eigenvalue weighted by molar-refractivity contribution is -0.142. The molecular formula is C15H15BrN2O2. The van der Waals surface area contributed by atoms with E-state index in [1.807, 2.05) is 24.3 Å². The predicted octanol–water partition coefficient (Wildman–Crippen LogP) is 3.36. The molecular weight excluding hydrogens is 320 g/mol. The van der Waals surface area contributed by atoms with Gasteiger partial charge in [0.25, 0.3) is 0 Å². The van der Waals surface area contributed by atoms with Crippen LogP contribution in [-0.2, 0) is 9.53 Å². The number of carbonyl (C=O) groups excluding carboxylic acids is 1. The molecule has 0 saturated heterocycles. The number of rotatable bonds is 4. The Morgan fingerprint density at radius 3 is 3.00 bits per heavy atom. The Morgan fingerprint density at radius 1 is 1.50 bits per heavy atom. The van der Waals surface area contributed by atoms with Crippen LogP contribution in [0.2, 0.25) is 0 Å². The first-order chi connectivity index (χ1) is 9.69. The van der Waals surface area contributed by atoms with E-state index >= 15 is 0 Å². The average Bonchev–Trinajstić information content (AvgIpc) is 3.28. The van der Waals surface area contributed by atoms with E-state index in [1.54, 1.807) is 6.20 Å². The lowest BCUT2D eigenvalue weighted by Crippen LogP contribution is -2.32. The first-order valence-electron chi connectivity index (χ1n) is 6.57. The van der Waals surface area contributed by atoms with Crippen molar-refractivity contribution in [3.63, 3.8) is 0 Å². The van der Waals surface area contributed by atoms with Gasteiger partial charge in [-0.3, -0.25) is 4.98 Å². The van der Waals surface area contributed by atoms with E-state index in [0.717, 1.165) is 33.9 Å². The molecule has 0 radical (unpaired) electrons. The summed E-state index contributed by atoms with van der Waals surface area (Å²) < 4.78 is 5.83. The number of para-hydroxylation sites is 1. The molecule has 1 atom stereocenters. The molecule has 104 valence electrons. The molecule has 1 aromatic carbocycles. The number of aromatic nitrogens is 1. The van der Waals surface area contributed by atoms with Gasteiger partial charge in [0, 0.05) is 16.1 Å². The quantitative estimate of drug-likeness (QED) is 0.871. The fourth-order valence-corrected chi connectivity index (χ4v) is 2.69. The van der Waals surface area contributed by atoms with E-state index in [-0.39, 0.29) is 12.0 Å². The van der Waals surface area contributed by atoms with Crippen LogP contribution in [0.5, 0.6) is 0 Å². The molecule has 20 heavy (non-hydrogen) atoms. The molecule has 1 unspecified atom stereocenters. The number of halogens is 1. The zero-order valence-corrected chi connectivity index (χ0v) is 12.7. The fraction of sp³-hybridized carbons (Fsp3) is 0.333. The van der Waals surface area contributed by atoms with Gasteiger partial charge in [-0.25, -0.2) is 4.79 Å². The van der Waals surface area contributed by atoms with E-state index < -0.39 is 0 Å². The second kappa shape index (κ2) is 5.40. The number of anilines is 1. The minimum Gasteiger partial charge on any atom is -0.467 e. The van der Waals surface area contributed by atoms with Crippen LogP contribution < -0.4 is 5.32 Å². The Bertz CT molecular complexity index is 655. The second-order valence-electron chi connectivity index (χ2n) is 5.01. The third-order valence-corrected chi connectivity index (χ3v) is 3.97. The van der Waals surface area contributed by atoms with Gasteiger partial charge in [0.15, 0.2) is 0 Å². The third kappa shape index (κ3) is 2.63. The summed E-state index contributed by atoms with van der Waals surface area (Å²) in [5.74, 6) is 0.162. The van der Waals surface area contributed by atoms with E-state index in [4.69, 9.17) is 4.74 Å². The number of ether oxygens (including phenoxy) is 1. The van der Waals surface area contributed by atoms with E-state index in [1.165, 1.54) is 7.11 Å². The smallest absolute Gasteiger partial charge is 0.328 e. The first-order valence-corrected chi connectivity index (χ1v) is 7.37. The molecule has 1 fully saturated rings. The average molecular weight is 335 g/mol. The maximum absolute atomic E-state index is 11.9. The number of nitrogens with zero attached hydrogens (tertiary/aromatic N) is 1. The molecule has 2 aromatic rings. The molecule has 3 rings (SSSR count). The number of fused-ring (bicyclic) bond motifs is 1. The Kier molecular flexibility index (Phi) is 3.61. The van der Waals surface area contributed by atoms with Gasteiger partial charge in [-0.05, 0) is 46.8 Å². The van der Waals surface area contributed by atoms with Crippen molar-refractivity contribution < 1.29 is 9.53 Å². The molecule has 1 heterocycles. The lowest BCUT2D eigenvalue weighted by Gasteiger charge is -2.18. The van der Waals surface area contributed by atoms with Gasteiger partial charge in [0.05, 0.1) is 18.3 Å². The normalized spacial score (nSPS) is 15.9. The van der Waals surface area contributed by atoms with Crippen LogP contribution in [0.4, 0.5) is 5.69 Å². The number of benzene rings is 1. The fourth-order valence-electron chi connectivity index (χ4n) is 2.34. The molecule has 1 aliphatic rings. The maximum Gasteiger partial charge on any atom is 0.328 e. The SMILES string of the molecule is COC(=O)C(Nc1cccc2cc(Br)cnc12)C1CC1. The van der Waals surface area contributed by atoms with Crippen molar-refractivity contribution >= 4 is 38.5 Å². The number of esters is 1. The van der Waals surface area contributed by atoms with Crippen LogP contribution in [0.15, 0.2) is 34.9 Å². The van der Waals surface area contributed by atoms with Crippen LogP contribution >= 0.6 is 15.9 Å². The van der Waals surface area contributed by atoms with Crippen molar-refractivity contribution in [3.8, 4) is 0 Å². The third-order valence-electron chi connectivity index (χ3n) is 3.54. The minimum atomic E-state index is -0.281. The number of hydrogen-bond donors (Lipinski definition) is 1. The predicted molar refractivity (Wildman–Crippen MR) is 81.6 cm³/mol. The van der Waals surface area contributed by atoms with Crippen molar-refractivity contribution in [1.29, 1.82) is 0 Å². The largest absolute Gasteiger partial charge is 0.467 e. The number of carbonyl (C=O) groups is 1. The summed E-state index contributed by atoms with van der Waals surface area (Å²) in [6.07, 6.45) is 3.89. The van der Waals surface area contributed by atoms with Crippen LogP contribution in [0, 0.1) is 5.92 Å². The van der Waals surface area contributed by atoms with Gasteiger partial charge in [0.1, 0.15) is 6.04 Å². The van der Waals surface area contributed by atoms with E-state index in [0.29, 0.717) is 5.92 Å². The van der Waals surface area contributed by atoms with Gasteiger partial charge in [-0.1, -0.05) is 12.1 Å². The molecule has 0 aliphatic heterocycles. The van der Waals surface area contributed by atoms with Gasteiger partial charge in [-0.15, -0.1) is 0 Å². The van der Waals surface area contributed by atoms with Crippen molar-refractivity contribution in [2.75, 3.05) is 12.4 Å². The van der Waals surface area contributed by atoms with Crippen LogP contribution in [0.3, 0.4) is 0 Å². The zero-order valence-electron chi connectivity index (χ0n) is 11.1. The summed E-state index contributed by atoms with van der Waals surface area (Å²) in [7, 11) is 1.43. The highest BCUT2D eigenvalue weighted by molar-refractivity contribution is 9.10. The molecule has 1 aromatic heterocycles. The Labute approximate surface area is 125 Å². The highest BCUT2D eigenvalue weighted by Crippen LogP contribution is 2.36. The monoisotopic (exact) mass is 334 g/mol. The molecule has 1 N–H and O–H groups in total. The topological polar surface area (TPSA) is 51.2 Å². The molecule has 0 bridgehead atoms. The number of nitrogens with one attached hydrogen (secondary N) is 1. The Morgan fingerprint density at radius 2 is 2.30 bits per heavy atom. The molecule has 4 nitrogen and oxygen atoms in total. The van der Waals surface area contributed by atoms with Crippen LogP contribution in [-0.4, -0.2) is 24.1 Å². The second-order valence-corrected chi connectivity index (χ2v) is 5.93. The van der Waals surface area contributed by atoms with Crippen molar-refractivity contribution in [2.45, 2.75) is 18.9 Å². The van der Waals surface area contributed by atoms with E-state index in [2.05, 4.69) is 26.2 Å². The van der Waals surface area contributed by atoms with E-state index in [9.17, 15) is 4.79 Å². The van der Waals surface area contributed by atoms with Crippen LogP contribution in [0.1, 0.15) is 12.8 Å². The van der Waals surface area contributed by atoms with Crippen LogP contribution in [0.25, 0.3) is 10.9 Å².